The molecular formula is C21H26N4O4S. The van der Waals surface area contributed by atoms with Gasteiger partial charge in [-0.1, -0.05) is 29.0 Å². The molecule has 1 saturated heterocycles. The van der Waals surface area contributed by atoms with Gasteiger partial charge in [0.05, 0.1) is 18.9 Å². The number of ether oxygens (including phenoxy) is 1. The lowest BCUT2D eigenvalue weighted by atomic mass is 9.99. The highest BCUT2D eigenvalue weighted by atomic mass is 32.1. The molecule has 0 bridgehead atoms. The first-order valence-corrected chi connectivity index (χ1v) is 10.7. The fraction of sp³-hybridized carbons (Fsp3) is 0.429. The molecule has 1 fully saturated rings. The van der Waals surface area contributed by atoms with Crippen LogP contribution in [0.5, 0.6) is 0 Å². The molecule has 2 heterocycles. The molecule has 1 aliphatic rings. The first-order chi connectivity index (χ1) is 14.3. The smallest absolute Gasteiger partial charge is 0.281 e. The molecular weight excluding hydrogens is 404 g/mol. The number of morpholine rings is 1. The Kier molecular flexibility index (Phi) is 7.17. The number of carbonyl (C=O) groups excluding carboxylic acids is 3. The summed E-state index contributed by atoms with van der Waals surface area (Å²) >= 11 is 1.29. The quantitative estimate of drug-likeness (QED) is 0.539. The Morgan fingerprint density at radius 1 is 1.10 bits per heavy atom. The predicted molar refractivity (Wildman–Crippen MR) is 115 cm³/mol. The lowest BCUT2D eigenvalue weighted by molar-refractivity contribution is -0.121. The molecule has 8 nitrogen and oxygen atoms in total. The number of benzene rings is 1. The van der Waals surface area contributed by atoms with Crippen LogP contribution in [0.2, 0.25) is 0 Å². The third-order valence-electron chi connectivity index (χ3n) is 4.86. The van der Waals surface area contributed by atoms with E-state index in [-0.39, 0.29) is 18.6 Å². The molecule has 1 aromatic heterocycles. The number of nitrogens with zero attached hydrogens (tertiary/aromatic N) is 2. The largest absolute Gasteiger partial charge is 0.378 e. The van der Waals surface area contributed by atoms with Gasteiger partial charge in [0, 0.05) is 31.5 Å². The van der Waals surface area contributed by atoms with Crippen molar-refractivity contribution < 1.29 is 19.1 Å². The maximum absolute atomic E-state index is 12.4. The Morgan fingerprint density at radius 2 is 1.83 bits per heavy atom. The molecule has 3 rings (SSSR count). The summed E-state index contributed by atoms with van der Waals surface area (Å²) < 4.78 is 5.34. The van der Waals surface area contributed by atoms with Crippen LogP contribution in [-0.2, 0) is 9.53 Å². The maximum atomic E-state index is 12.4. The molecule has 2 amide bonds. The second kappa shape index (κ2) is 9.82. The standard InChI is InChI=1S/C21H26N4O4S/c1-13-4-5-14(2)16(12-13)17(26)6-7-18(27)23-24-20(28)19-15(3)22-21(30-19)25-8-10-29-11-9-25/h4-5,12H,6-11H2,1-3H3,(H,23,27)(H,24,28). The van der Waals surface area contributed by atoms with E-state index in [0.717, 1.165) is 29.3 Å². The van der Waals surface area contributed by atoms with E-state index in [0.29, 0.717) is 29.3 Å². The Hall–Kier alpha value is -2.78. The number of carbonyl (C=O) groups is 3. The number of aryl methyl sites for hydroxylation is 3. The average molecular weight is 431 g/mol. The van der Waals surface area contributed by atoms with Crippen LogP contribution in [0, 0.1) is 20.8 Å². The van der Waals surface area contributed by atoms with Gasteiger partial charge < -0.3 is 9.64 Å². The molecule has 2 aromatic rings. The molecule has 30 heavy (non-hydrogen) atoms. The highest BCUT2D eigenvalue weighted by molar-refractivity contribution is 7.17. The second-order valence-corrected chi connectivity index (χ2v) is 8.23. The molecule has 0 spiro atoms. The van der Waals surface area contributed by atoms with Gasteiger partial charge in [0.2, 0.25) is 5.91 Å². The Labute approximate surface area is 179 Å². The van der Waals surface area contributed by atoms with Crippen molar-refractivity contribution in [1.29, 1.82) is 0 Å². The van der Waals surface area contributed by atoms with E-state index < -0.39 is 11.8 Å². The van der Waals surface area contributed by atoms with Gasteiger partial charge in [-0.05, 0) is 32.4 Å². The van der Waals surface area contributed by atoms with Gasteiger partial charge in [0.1, 0.15) is 4.88 Å². The van der Waals surface area contributed by atoms with Gasteiger partial charge >= 0.3 is 0 Å². The molecule has 0 radical (unpaired) electrons. The normalized spacial score (nSPS) is 13.8. The molecule has 0 atom stereocenters. The lowest BCUT2D eigenvalue weighted by Crippen LogP contribution is -2.41. The van der Waals surface area contributed by atoms with Crippen LogP contribution in [0.15, 0.2) is 18.2 Å². The van der Waals surface area contributed by atoms with Crippen LogP contribution in [0.4, 0.5) is 5.13 Å². The number of hydrogen-bond acceptors (Lipinski definition) is 7. The van der Waals surface area contributed by atoms with Crippen molar-refractivity contribution in [2.45, 2.75) is 33.6 Å². The van der Waals surface area contributed by atoms with Gasteiger partial charge in [-0.2, -0.15) is 0 Å². The van der Waals surface area contributed by atoms with Crippen LogP contribution in [-0.4, -0.2) is 48.9 Å². The van der Waals surface area contributed by atoms with Crippen LogP contribution >= 0.6 is 11.3 Å². The summed E-state index contributed by atoms with van der Waals surface area (Å²) in [6.45, 7) is 8.30. The topological polar surface area (TPSA) is 101 Å². The number of hydrogen-bond donors (Lipinski definition) is 2. The number of hydrazine groups is 1. The number of amides is 2. The highest BCUT2D eigenvalue weighted by Crippen LogP contribution is 2.26. The zero-order valence-corrected chi connectivity index (χ0v) is 18.2. The number of ketones is 1. The van der Waals surface area contributed by atoms with Crippen LogP contribution in [0.3, 0.4) is 0 Å². The van der Waals surface area contributed by atoms with Gasteiger partial charge in [-0.15, -0.1) is 0 Å². The van der Waals surface area contributed by atoms with E-state index >= 15 is 0 Å². The second-order valence-electron chi connectivity index (χ2n) is 7.25. The number of aromatic nitrogens is 1. The summed E-state index contributed by atoms with van der Waals surface area (Å²) in [6, 6.07) is 5.67. The van der Waals surface area contributed by atoms with E-state index in [2.05, 4.69) is 20.7 Å². The van der Waals surface area contributed by atoms with E-state index in [1.54, 1.807) is 6.92 Å². The number of thiazole rings is 1. The Morgan fingerprint density at radius 3 is 2.57 bits per heavy atom. The first-order valence-electron chi connectivity index (χ1n) is 9.85. The number of rotatable bonds is 6. The number of nitrogens with one attached hydrogen (secondary N) is 2. The number of anilines is 1. The third-order valence-corrected chi connectivity index (χ3v) is 6.08. The Bertz CT molecular complexity index is 950. The zero-order chi connectivity index (χ0) is 21.7. The summed E-state index contributed by atoms with van der Waals surface area (Å²) in [5.74, 6) is -0.928. The maximum Gasteiger partial charge on any atom is 0.281 e. The summed E-state index contributed by atoms with van der Waals surface area (Å²) in [7, 11) is 0. The van der Waals surface area contributed by atoms with Crippen molar-refractivity contribution in [2.24, 2.45) is 0 Å². The monoisotopic (exact) mass is 430 g/mol. The lowest BCUT2D eigenvalue weighted by Gasteiger charge is -2.25. The Balaban J connectivity index is 1.50. The van der Waals surface area contributed by atoms with Crippen molar-refractivity contribution in [3.8, 4) is 0 Å². The van der Waals surface area contributed by atoms with Gasteiger partial charge in [0.15, 0.2) is 10.9 Å². The highest BCUT2D eigenvalue weighted by Gasteiger charge is 2.21. The van der Waals surface area contributed by atoms with Crippen LogP contribution in [0.1, 0.15) is 49.7 Å². The van der Waals surface area contributed by atoms with E-state index in [1.807, 2.05) is 32.0 Å². The molecule has 1 aromatic carbocycles. The average Bonchev–Trinajstić information content (AvgIpc) is 3.14. The van der Waals surface area contributed by atoms with Gasteiger partial charge in [0.25, 0.3) is 5.91 Å². The molecule has 2 N–H and O–H groups in total. The van der Waals surface area contributed by atoms with Crippen molar-refractivity contribution in [1.82, 2.24) is 15.8 Å². The zero-order valence-electron chi connectivity index (χ0n) is 17.4. The molecule has 1 aliphatic heterocycles. The summed E-state index contributed by atoms with van der Waals surface area (Å²) in [5.41, 5.74) is 7.92. The SMILES string of the molecule is Cc1ccc(C)c(C(=O)CCC(=O)NNC(=O)c2sc(N3CCOCC3)nc2C)c1. The van der Waals surface area contributed by atoms with Crippen molar-refractivity contribution in [2.75, 3.05) is 31.2 Å². The fourth-order valence-electron chi connectivity index (χ4n) is 3.13. The summed E-state index contributed by atoms with van der Waals surface area (Å²) in [4.78, 5) is 43.9. The summed E-state index contributed by atoms with van der Waals surface area (Å²) in [5, 5.41) is 0.770. The molecule has 0 saturated carbocycles. The van der Waals surface area contributed by atoms with Gasteiger partial charge in [-0.3, -0.25) is 25.2 Å². The molecule has 9 heteroatoms. The van der Waals surface area contributed by atoms with Crippen molar-refractivity contribution in [3.05, 3.63) is 45.5 Å². The van der Waals surface area contributed by atoms with Gasteiger partial charge in [-0.25, -0.2) is 4.98 Å². The minimum absolute atomic E-state index is 0.00675. The fourth-order valence-corrected chi connectivity index (χ4v) is 4.14. The first kappa shape index (κ1) is 21.9. The minimum Gasteiger partial charge on any atom is -0.378 e. The van der Waals surface area contributed by atoms with Crippen LogP contribution < -0.4 is 15.8 Å². The number of Topliss-reactive ketones (excluding diaryl/α,β-unsaturated/α-hetero) is 1. The van der Waals surface area contributed by atoms with Crippen molar-refractivity contribution in [3.63, 3.8) is 0 Å². The van der Waals surface area contributed by atoms with Crippen molar-refractivity contribution >= 4 is 34.1 Å². The van der Waals surface area contributed by atoms with E-state index in [4.69, 9.17) is 4.74 Å². The van der Waals surface area contributed by atoms with E-state index in [1.165, 1.54) is 11.3 Å². The molecule has 160 valence electrons. The molecule has 0 aliphatic carbocycles. The van der Waals surface area contributed by atoms with E-state index in [9.17, 15) is 14.4 Å². The third kappa shape index (κ3) is 5.43. The molecule has 0 unspecified atom stereocenters. The minimum atomic E-state index is -0.419. The predicted octanol–water partition coefficient (Wildman–Crippen LogP) is 2.33. The van der Waals surface area contributed by atoms with Crippen LogP contribution in [0.25, 0.3) is 0 Å². The summed E-state index contributed by atoms with van der Waals surface area (Å²) in [6.07, 6.45) is 0.0694.